The largest absolute Gasteiger partial charge is 0.490 e. The molecule has 0 radical (unpaired) electrons. The summed E-state index contributed by atoms with van der Waals surface area (Å²) in [5.41, 5.74) is 11.4. The van der Waals surface area contributed by atoms with E-state index in [1.807, 2.05) is 6.92 Å². The summed E-state index contributed by atoms with van der Waals surface area (Å²) >= 11 is 0. The van der Waals surface area contributed by atoms with Gasteiger partial charge in [0, 0.05) is 0 Å². The van der Waals surface area contributed by atoms with Gasteiger partial charge < -0.3 is 31.4 Å². The fraction of sp³-hybridized carbons (Fsp3) is 0.571. The van der Waals surface area contributed by atoms with Gasteiger partial charge in [0.1, 0.15) is 29.8 Å². The summed E-state index contributed by atoms with van der Waals surface area (Å²) in [7, 11) is 0. The van der Waals surface area contributed by atoms with E-state index in [-0.39, 0.29) is 24.8 Å². The number of benzene rings is 1. The molecule has 31 heavy (non-hydrogen) atoms. The van der Waals surface area contributed by atoms with Crippen LogP contribution in [0.5, 0.6) is 5.75 Å². The zero-order chi connectivity index (χ0) is 22.6. The molecule has 1 amide bonds. The molecule has 2 aliphatic rings. The first-order chi connectivity index (χ1) is 14.7. The monoisotopic (exact) mass is 433 g/mol. The van der Waals surface area contributed by atoms with Crippen molar-refractivity contribution in [2.24, 2.45) is 17.4 Å². The third-order valence-electron chi connectivity index (χ3n) is 6.25. The van der Waals surface area contributed by atoms with Crippen LogP contribution in [0.1, 0.15) is 25.3 Å². The summed E-state index contributed by atoms with van der Waals surface area (Å²) in [6, 6.07) is 6.02. The minimum absolute atomic E-state index is 0.0342. The third kappa shape index (κ3) is 5.08. The van der Waals surface area contributed by atoms with Crippen molar-refractivity contribution in [1.82, 2.24) is 10.2 Å². The van der Waals surface area contributed by atoms with E-state index in [4.69, 9.17) is 31.5 Å². The van der Waals surface area contributed by atoms with E-state index >= 15 is 0 Å². The summed E-state index contributed by atoms with van der Waals surface area (Å²) in [6.07, 6.45) is 0.930. The smallest absolute Gasteiger partial charge is 0.411 e. The van der Waals surface area contributed by atoms with Crippen molar-refractivity contribution in [3.63, 3.8) is 0 Å². The summed E-state index contributed by atoms with van der Waals surface area (Å²) in [5.74, 6) is -0.416. The number of carboxylic acid groups (broad SMARTS) is 1. The fourth-order valence-electron chi connectivity index (χ4n) is 4.21. The van der Waals surface area contributed by atoms with E-state index in [2.05, 4.69) is 5.32 Å². The van der Waals surface area contributed by atoms with Crippen molar-refractivity contribution in [3.8, 4) is 5.75 Å². The number of rotatable bonds is 9. The number of piperidine rings is 1. The SMILES string of the molecule is CC(C(=N)N)(C1CCNCC1)N1CC(COc2ccc(CC(N)C(=O)O)cc2)OC1=O. The van der Waals surface area contributed by atoms with E-state index in [1.165, 1.54) is 0 Å². The van der Waals surface area contributed by atoms with Gasteiger partial charge in [0.05, 0.1) is 6.54 Å². The van der Waals surface area contributed by atoms with Crippen molar-refractivity contribution < 1.29 is 24.2 Å². The normalized spacial score (nSPS) is 22.5. The van der Waals surface area contributed by atoms with Crippen LogP contribution in [0, 0.1) is 11.3 Å². The molecule has 0 spiro atoms. The lowest BCUT2D eigenvalue weighted by Gasteiger charge is -2.44. The number of nitrogens with zero attached hydrogens (tertiary/aromatic N) is 1. The first-order valence-electron chi connectivity index (χ1n) is 10.5. The number of aliphatic carboxylic acids is 1. The van der Waals surface area contributed by atoms with Gasteiger partial charge in [-0.1, -0.05) is 12.1 Å². The zero-order valence-electron chi connectivity index (χ0n) is 17.7. The minimum Gasteiger partial charge on any atom is -0.490 e. The Kier molecular flexibility index (Phi) is 7.01. The molecule has 0 aromatic heterocycles. The summed E-state index contributed by atoms with van der Waals surface area (Å²) in [5, 5.41) is 20.4. The van der Waals surface area contributed by atoms with Crippen LogP contribution in [0.15, 0.2) is 24.3 Å². The van der Waals surface area contributed by atoms with Crippen molar-refractivity contribution in [2.45, 2.75) is 43.9 Å². The molecular formula is C21H31N5O5. The van der Waals surface area contributed by atoms with Gasteiger partial charge in [-0.15, -0.1) is 0 Å². The number of carbonyl (C=O) groups is 2. The Balaban J connectivity index is 1.58. The molecule has 2 fully saturated rings. The average Bonchev–Trinajstić information content (AvgIpc) is 3.14. The molecular weight excluding hydrogens is 402 g/mol. The molecule has 0 aliphatic carbocycles. The molecule has 2 heterocycles. The van der Waals surface area contributed by atoms with E-state index in [9.17, 15) is 9.59 Å². The van der Waals surface area contributed by atoms with Crippen LogP contribution >= 0.6 is 0 Å². The predicted octanol–water partition coefficient (Wildman–Crippen LogP) is 0.535. The van der Waals surface area contributed by atoms with Crippen LogP contribution in [-0.4, -0.2) is 71.8 Å². The van der Waals surface area contributed by atoms with Crippen LogP contribution in [0.2, 0.25) is 0 Å². The van der Waals surface area contributed by atoms with Crippen LogP contribution in [0.3, 0.4) is 0 Å². The number of cyclic esters (lactones) is 1. The Morgan fingerprint density at radius 1 is 1.39 bits per heavy atom. The molecule has 1 aromatic carbocycles. The predicted molar refractivity (Wildman–Crippen MR) is 114 cm³/mol. The van der Waals surface area contributed by atoms with Gasteiger partial charge in [-0.05, 0) is 62.9 Å². The van der Waals surface area contributed by atoms with Gasteiger partial charge in [-0.3, -0.25) is 15.1 Å². The van der Waals surface area contributed by atoms with Gasteiger partial charge >= 0.3 is 12.1 Å². The van der Waals surface area contributed by atoms with Crippen molar-refractivity contribution in [1.29, 1.82) is 5.41 Å². The molecule has 10 heteroatoms. The molecule has 2 saturated heterocycles. The molecule has 3 unspecified atom stereocenters. The van der Waals surface area contributed by atoms with E-state index < -0.39 is 29.7 Å². The second-order valence-corrected chi connectivity index (χ2v) is 8.31. The standard InChI is InChI=1S/C21H31N5O5/c1-21(19(23)24,14-6-8-25-9-7-14)26-11-16(31-20(26)29)12-30-15-4-2-13(3-5-15)10-17(22)18(27)28/h2-5,14,16-17,25H,6-12,22H2,1H3,(H3,23,24)(H,27,28). The zero-order valence-corrected chi connectivity index (χ0v) is 17.7. The van der Waals surface area contributed by atoms with E-state index in [0.717, 1.165) is 31.5 Å². The van der Waals surface area contributed by atoms with Crippen LogP contribution in [-0.2, 0) is 16.0 Å². The summed E-state index contributed by atoms with van der Waals surface area (Å²) < 4.78 is 11.3. The number of ether oxygens (including phenoxy) is 2. The van der Waals surface area contributed by atoms with Crippen molar-refractivity contribution in [2.75, 3.05) is 26.2 Å². The maximum absolute atomic E-state index is 12.6. The second-order valence-electron chi connectivity index (χ2n) is 8.31. The Labute approximate surface area is 181 Å². The van der Waals surface area contributed by atoms with Gasteiger partial charge in [0.25, 0.3) is 0 Å². The Bertz CT molecular complexity index is 811. The lowest BCUT2D eigenvalue weighted by Crippen LogP contribution is -2.61. The molecule has 2 aliphatic heterocycles. The number of hydrogen-bond donors (Lipinski definition) is 5. The second kappa shape index (κ2) is 9.52. The molecule has 10 nitrogen and oxygen atoms in total. The lowest BCUT2D eigenvalue weighted by molar-refractivity contribution is -0.138. The highest BCUT2D eigenvalue weighted by Crippen LogP contribution is 2.34. The maximum Gasteiger partial charge on any atom is 0.411 e. The topological polar surface area (TPSA) is 164 Å². The third-order valence-corrected chi connectivity index (χ3v) is 6.25. The molecule has 3 rings (SSSR count). The van der Waals surface area contributed by atoms with E-state index in [1.54, 1.807) is 29.2 Å². The minimum atomic E-state index is -1.05. The molecule has 0 bridgehead atoms. The van der Waals surface area contributed by atoms with Gasteiger partial charge in [-0.2, -0.15) is 0 Å². The average molecular weight is 434 g/mol. The number of nitrogens with two attached hydrogens (primary N) is 2. The Morgan fingerprint density at radius 2 is 2.03 bits per heavy atom. The van der Waals surface area contributed by atoms with Crippen molar-refractivity contribution >= 4 is 17.9 Å². The number of nitrogens with one attached hydrogen (secondary N) is 2. The Hall–Kier alpha value is -2.85. The molecule has 1 aromatic rings. The highest BCUT2D eigenvalue weighted by molar-refractivity contribution is 5.91. The highest BCUT2D eigenvalue weighted by atomic mass is 16.6. The number of amides is 1. The molecule has 170 valence electrons. The maximum atomic E-state index is 12.6. The number of hydrogen-bond acceptors (Lipinski definition) is 7. The summed E-state index contributed by atoms with van der Waals surface area (Å²) in [4.78, 5) is 25.0. The number of amidine groups is 1. The Morgan fingerprint density at radius 3 is 2.61 bits per heavy atom. The highest BCUT2D eigenvalue weighted by Gasteiger charge is 2.50. The lowest BCUT2D eigenvalue weighted by atomic mass is 9.77. The molecule has 3 atom stereocenters. The fourth-order valence-corrected chi connectivity index (χ4v) is 4.21. The quantitative estimate of drug-likeness (QED) is 0.278. The summed E-state index contributed by atoms with van der Waals surface area (Å²) in [6.45, 7) is 3.96. The van der Waals surface area contributed by atoms with Crippen LogP contribution in [0.4, 0.5) is 4.79 Å². The van der Waals surface area contributed by atoms with Crippen LogP contribution < -0.4 is 21.5 Å². The number of carbonyl (C=O) groups excluding carboxylic acids is 1. The van der Waals surface area contributed by atoms with Crippen LogP contribution in [0.25, 0.3) is 0 Å². The first-order valence-corrected chi connectivity index (χ1v) is 10.5. The van der Waals surface area contributed by atoms with Gasteiger partial charge in [0.2, 0.25) is 0 Å². The van der Waals surface area contributed by atoms with E-state index in [0.29, 0.717) is 12.3 Å². The number of carboxylic acids is 1. The van der Waals surface area contributed by atoms with Gasteiger partial charge in [0.15, 0.2) is 6.10 Å². The molecule has 0 saturated carbocycles. The first kappa shape index (κ1) is 22.8. The van der Waals surface area contributed by atoms with Crippen molar-refractivity contribution in [3.05, 3.63) is 29.8 Å². The molecule has 7 N–H and O–H groups in total. The van der Waals surface area contributed by atoms with Gasteiger partial charge in [-0.25, -0.2) is 4.79 Å².